The molecule has 0 N–H and O–H groups in total. The van der Waals surface area contributed by atoms with Crippen LogP contribution in [0.5, 0.6) is 0 Å². The van der Waals surface area contributed by atoms with Crippen molar-refractivity contribution in [3.8, 4) is 0 Å². The van der Waals surface area contributed by atoms with E-state index in [1.807, 2.05) is 37.3 Å². The topological polar surface area (TPSA) is 44.8 Å². The monoisotopic (exact) mass is 278 g/mol. The highest BCUT2D eigenvalue weighted by Crippen LogP contribution is 2.08. The predicted molar refractivity (Wildman–Crippen MR) is 77.3 cm³/mol. The van der Waals surface area contributed by atoms with Gasteiger partial charge in [0.25, 0.3) is 0 Å². The zero-order valence-corrected chi connectivity index (χ0v) is 12.2. The lowest BCUT2D eigenvalue weighted by atomic mass is 10.1. The van der Waals surface area contributed by atoms with Gasteiger partial charge in [-0.25, -0.2) is 0 Å². The third kappa shape index (κ3) is 5.65. The second-order valence-electron chi connectivity index (χ2n) is 4.36. The first kappa shape index (κ1) is 16.6. The highest BCUT2D eigenvalue weighted by Gasteiger charge is 2.23. The van der Waals surface area contributed by atoms with Crippen LogP contribution >= 0.6 is 0 Å². The second kappa shape index (κ2) is 9.42. The minimum absolute atomic E-state index is 0.0755. The van der Waals surface area contributed by atoms with Crippen LogP contribution in [0.25, 0.3) is 0 Å². The fourth-order valence-electron chi connectivity index (χ4n) is 1.66. The van der Waals surface area contributed by atoms with Gasteiger partial charge in [-0.05, 0) is 19.4 Å². The van der Waals surface area contributed by atoms with E-state index < -0.39 is 12.2 Å². The largest absolute Gasteiger partial charge is 0.366 e. The Morgan fingerprint density at radius 1 is 1.25 bits per heavy atom. The second-order valence-corrected chi connectivity index (χ2v) is 4.36. The third-order valence-electron chi connectivity index (χ3n) is 2.76. The summed E-state index contributed by atoms with van der Waals surface area (Å²) in [7, 11) is 1.52. The average Bonchev–Trinajstić information content (AvgIpc) is 2.49. The number of Topliss-reactive ketones (excluding diaryl/α,β-unsaturated/α-hetero) is 1. The van der Waals surface area contributed by atoms with Crippen LogP contribution in [0.1, 0.15) is 19.4 Å². The molecule has 0 heterocycles. The van der Waals surface area contributed by atoms with Crippen molar-refractivity contribution in [3.05, 3.63) is 48.0 Å². The summed E-state index contributed by atoms with van der Waals surface area (Å²) in [4.78, 5) is 12.2. The first-order valence-corrected chi connectivity index (χ1v) is 6.61. The Kier molecular flexibility index (Phi) is 7.80. The summed E-state index contributed by atoms with van der Waals surface area (Å²) in [5.74, 6) is -0.115. The van der Waals surface area contributed by atoms with Crippen molar-refractivity contribution in [2.24, 2.45) is 0 Å². The van der Waals surface area contributed by atoms with Crippen LogP contribution in [-0.2, 0) is 25.6 Å². The van der Waals surface area contributed by atoms with E-state index in [-0.39, 0.29) is 12.6 Å². The number of allylic oxidation sites excluding steroid dienone is 1. The summed E-state index contributed by atoms with van der Waals surface area (Å²) in [5.41, 5.74) is 1.03. The maximum atomic E-state index is 12.2. The molecule has 0 amide bonds. The molecule has 0 bridgehead atoms. The molecular weight excluding hydrogens is 256 g/mol. The van der Waals surface area contributed by atoms with Gasteiger partial charge in [0.05, 0.1) is 6.61 Å². The fraction of sp³-hybridized carbons (Fsp3) is 0.438. The zero-order valence-electron chi connectivity index (χ0n) is 12.2. The highest BCUT2D eigenvalue weighted by atomic mass is 16.7. The van der Waals surface area contributed by atoms with Crippen LogP contribution < -0.4 is 0 Å². The van der Waals surface area contributed by atoms with Gasteiger partial charge in [0, 0.05) is 7.11 Å². The van der Waals surface area contributed by atoms with Crippen molar-refractivity contribution in [1.29, 1.82) is 0 Å². The van der Waals surface area contributed by atoms with Crippen LogP contribution in [0.3, 0.4) is 0 Å². The molecule has 20 heavy (non-hydrogen) atoms. The summed E-state index contributed by atoms with van der Waals surface area (Å²) in [5, 5.41) is 0. The van der Waals surface area contributed by atoms with Crippen molar-refractivity contribution in [2.45, 2.75) is 32.7 Å². The molecule has 2 atom stereocenters. The first-order valence-electron chi connectivity index (χ1n) is 6.61. The number of rotatable bonds is 9. The van der Waals surface area contributed by atoms with E-state index in [1.54, 1.807) is 19.1 Å². The summed E-state index contributed by atoms with van der Waals surface area (Å²) in [6.45, 7) is 4.05. The quantitative estimate of drug-likeness (QED) is 0.514. The molecule has 0 aliphatic carbocycles. The van der Waals surface area contributed by atoms with Gasteiger partial charge >= 0.3 is 0 Å². The Morgan fingerprint density at radius 2 is 1.95 bits per heavy atom. The van der Waals surface area contributed by atoms with E-state index in [9.17, 15) is 4.79 Å². The molecule has 4 nitrogen and oxygen atoms in total. The van der Waals surface area contributed by atoms with Gasteiger partial charge in [-0.2, -0.15) is 0 Å². The molecule has 0 aliphatic rings. The summed E-state index contributed by atoms with van der Waals surface area (Å²) < 4.78 is 15.7. The summed E-state index contributed by atoms with van der Waals surface area (Å²) in [6.07, 6.45) is 2.31. The number of ether oxygens (including phenoxy) is 3. The van der Waals surface area contributed by atoms with E-state index in [1.165, 1.54) is 7.11 Å². The molecule has 0 spiro atoms. The SMILES string of the molecule is C/C=C/[C@@H](OCOC)C(=O)[C@H](C)OCc1ccccc1. The van der Waals surface area contributed by atoms with E-state index in [0.29, 0.717) is 6.61 Å². The number of carbonyl (C=O) groups excluding carboxylic acids is 1. The van der Waals surface area contributed by atoms with Gasteiger partial charge in [0.2, 0.25) is 0 Å². The molecular formula is C16H22O4. The number of hydrogen-bond acceptors (Lipinski definition) is 4. The number of methoxy groups -OCH3 is 1. The van der Waals surface area contributed by atoms with Crippen molar-refractivity contribution in [2.75, 3.05) is 13.9 Å². The lowest BCUT2D eigenvalue weighted by molar-refractivity contribution is -0.146. The summed E-state index contributed by atoms with van der Waals surface area (Å²) in [6, 6.07) is 9.74. The van der Waals surface area contributed by atoms with Gasteiger partial charge in [0.1, 0.15) is 19.0 Å². The minimum atomic E-state index is -0.634. The van der Waals surface area contributed by atoms with Crippen LogP contribution in [-0.4, -0.2) is 31.9 Å². The van der Waals surface area contributed by atoms with Gasteiger partial charge in [0.15, 0.2) is 5.78 Å². The molecule has 0 radical (unpaired) electrons. The molecule has 0 saturated carbocycles. The van der Waals surface area contributed by atoms with E-state index in [0.717, 1.165) is 5.56 Å². The van der Waals surface area contributed by atoms with Crippen LogP contribution in [0.2, 0.25) is 0 Å². The Labute approximate surface area is 120 Å². The lowest BCUT2D eigenvalue weighted by Crippen LogP contribution is -2.33. The minimum Gasteiger partial charge on any atom is -0.366 e. The van der Waals surface area contributed by atoms with Gasteiger partial charge in [-0.1, -0.05) is 42.5 Å². The molecule has 0 saturated heterocycles. The molecule has 1 rings (SSSR count). The van der Waals surface area contributed by atoms with Crippen molar-refractivity contribution in [3.63, 3.8) is 0 Å². The zero-order chi connectivity index (χ0) is 14.8. The number of carbonyl (C=O) groups is 1. The predicted octanol–water partition coefficient (Wildman–Crippen LogP) is 2.73. The highest BCUT2D eigenvalue weighted by molar-refractivity contribution is 5.88. The molecule has 0 aromatic heterocycles. The van der Waals surface area contributed by atoms with Crippen molar-refractivity contribution >= 4 is 5.78 Å². The van der Waals surface area contributed by atoms with Gasteiger partial charge in [-0.15, -0.1) is 0 Å². The van der Waals surface area contributed by atoms with E-state index in [2.05, 4.69) is 0 Å². The van der Waals surface area contributed by atoms with Crippen LogP contribution in [0, 0.1) is 0 Å². The number of ketones is 1. The maximum absolute atomic E-state index is 12.2. The Hall–Kier alpha value is -1.49. The van der Waals surface area contributed by atoms with E-state index >= 15 is 0 Å². The van der Waals surface area contributed by atoms with Gasteiger partial charge < -0.3 is 14.2 Å². The molecule has 0 unspecified atom stereocenters. The van der Waals surface area contributed by atoms with Gasteiger partial charge in [-0.3, -0.25) is 4.79 Å². The maximum Gasteiger partial charge on any atom is 0.193 e. The standard InChI is InChI=1S/C16H22O4/c1-4-8-15(20-12-18-3)16(17)13(2)19-11-14-9-6-5-7-10-14/h4-10,13,15H,11-12H2,1-3H3/b8-4+/t13-,15+/m0/s1. The fourth-order valence-corrected chi connectivity index (χ4v) is 1.66. The Bertz CT molecular complexity index is 414. The molecule has 110 valence electrons. The van der Waals surface area contributed by atoms with Crippen LogP contribution in [0.15, 0.2) is 42.5 Å². The molecule has 4 heteroatoms. The molecule has 0 aliphatic heterocycles. The average molecular weight is 278 g/mol. The lowest BCUT2D eigenvalue weighted by Gasteiger charge is -2.18. The molecule has 1 aromatic carbocycles. The Balaban J connectivity index is 2.51. The molecule has 1 aromatic rings. The third-order valence-corrected chi connectivity index (χ3v) is 2.76. The number of hydrogen-bond donors (Lipinski definition) is 0. The van der Waals surface area contributed by atoms with Crippen molar-refractivity contribution < 1.29 is 19.0 Å². The van der Waals surface area contributed by atoms with Crippen molar-refractivity contribution in [1.82, 2.24) is 0 Å². The van der Waals surface area contributed by atoms with E-state index in [4.69, 9.17) is 14.2 Å². The smallest absolute Gasteiger partial charge is 0.193 e. The first-order chi connectivity index (χ1) is 9.69. The summed E-state index contributed by atoms with van der Waals surface area (Å²) >= 11 is 0. The normalized spacial score (nSPS) is 14.3. The van der Waals surface area contributed by atoms with Crippen LogP contribution in [0.4, 0.5) is 0 Å². The number of benzene rings is 1. The molecule has 0 fully saturated rings. The Morgan fingerprint density at radius 3 is 2.55 bits per heavy atom.